The van der Waals surface area contributed by atoms with E-state index in [1.165, 1.54) is 24.8 Å². The third-order valence-electron chi connectivity index (χ3n) is 4.93. The summed E-state index contributed by atoms with van der Waals surface area (Å²) in [6.45, 7) is 7.88. The predicted molar refractivity (Wildman–Crippen MR) is 90.9 cm³/mol. The third-order valence-corrected chi connectivity index (χ3v) is 5.67. The lowest BCUT2D eigenvalue weighted by Gasteiger charge is -2.38. The molecule has 0 bridgehead atoms. The molecule has 3 heteroatoms. The number of rotatable bonds is 5. The Morgan fingerprint density at radius 2 is 2.10 bits per heavy atom. The van der Waals surface area contributed by atoms with Crippen molar-refractivity contribution in [1.82, 2.24) is 5.32 Å². The van der Waals surface area contributed by atoms with Gasteiger partial charge in [-0.15, -0.1) is 0 Å². The van der Waals surface area contributed by atoms with Crippen LogP contribution in [0.25, 0.3) is 0 Å². The zero-order valence-corrected chi connectivity index (χ0v) is 14.9. The van der Waals surface area contributed by atoms with Crippen molar-refractivity contribution in [2.75, 3.05) is 6.54 Å². The maximum atomic E-state index is 13.2. The standard InChI is InChI=1S/C18H27BrFN/c1-4-21-18-8-6-13(12(2)3)9-15(18)10-14-5-7-16(20)11-17(14)19/h5,7,11-13,15,18,21H,4,6,8-10H2,1-3H3. The van der Waals surface area contributed by atoms with Gasteiger partial charge >= 0.3 is 0 Å². The lowest BCUT2D eigenvalue weighted by atomic mass is 9.71. The van der Waals surface area contributed by atoms with Crippen LogP contribution < -0.4 is 5.32 Å². The molecule has 1 N–H and O–H groups in total. The summed E-state index contributed by atoms with van der Waals surface area (Å²) in [4.78, 5) is 0. The summed E-state index contributed by atoms with van der Waals surface area (Å²) < 4.78 is 14.2. The molecule has 118 valence electrons. The second kappa shape index (κ2) is 7.73. The van der Waals surface area contributed by atoms with Crippen LogP contribution in [0.2, 0.25) is 0 Å². The zero-order valence-electron chi connectivity index (χ0n) is 13.3. The van der Waals surface area contributed by atoms with E-state index in [1.807, 2.05) is 6.07 Å². The van der Waals surface area contributed by atoms with Crippen molar-refractivity contribution >= 4 is 15.9 Å². The van der Waals surface area contributed by atoms with Crippen LogP contribution in [-0.4, -0.2) is 12.6 Å². The van der Waals surface area contributed by atoms with Gasteiger partial charge in [-0.05, 0) is 67.7 Å². The second-order valence-electron chi connectivity index (χ2n) is 6.68. The maximum Gasteiger partial charge on any atom is 0.124 e. The molecule has 0 spiro atoms. The SMILES string of the molecule is CCNC1CCC(C(C)C)CC1Cc1ccc(F)cc1Br. The Hall–Kier alpha value is -0.410. The number of hydrogen-bond acceptors (Lipinski definition) is 1. The average molecular weight is 356 g/mol. The molecule has 0 amide bonds. The molecule has 1 aliphatic rings. The molecule has 0 aromatic heterocycles. The van der Waals surface area contributed by atoms with E-state index < -0.39 is 0 Å². The Kier molecular flexibility index (Phi) is 6.24. The Bertz CT molecular complexity index is 461. The number of nitrogens with one attached hydrogen (secondary N) is 1. The molecule has 3 atom stereocenters. The van der Waals surface area contributed by atoms with Gasteiger partial charge in [-0.25, -0.2) is 4.39 Å². The Labute approximate surface area is 136 Å². The fourth-order valence-electron chi connectivity index (χ4n) is 3.63. The molecule has 1 aromatic rings. The molecular formula is C18H27BrFN. The fraction of sp³-hybridized carbons (Fsp3) is 0.667. The summed E-state index contributed by atoms with van der Waals surface area (Å²) in [5.74, 6) is 2.06. The van der Waals surface area contributed by atoms with E-state index in [9.17, 15) is 4.39 Å². The van der Waals surface area contributed by atoms with Crippen molar-refractivity contribution in [2.24, 2.45) is 17.8 Å². The molecule has 1 fully saturated rings. The van der Waals surface area contributed by atoms with E-state index in [0.717, 1.165) is 29.3 Å². The second-order valence-corrected chi connectivity index (χ2v) is 7.54. The van der Waals surface area contributed by atoms with Crippen LogP contribution in [-0.2, 0) is 6.42 Å². The van der Waals surface area contributed by atoms with Crippen molar-refractivity contribution in [3.63, 3.8) is 0 Å². The molecule has 0 radical (unpaired) electrons. The van der Waals surface area contributed by atoms with E-state index >= 15 is 0 Å². The van der Waals surface area contributed by atoms with Crippen molar-refractivity contribution < 1.29 is 4.39 Å². The first-order valence-electron chi connectivity index (χ1n) is 8.18. The van der Waals surface area contributed by atoms with Gasteiger partial charge in [0.15, 0.2) is 0 Å². The van der Waals surface area contributed by atoms with E-state index in [2.05, 4.69) is 42.0 Å². The lowest BCUT2D eigenvalue weighted by Crippen LogP contribution is -2.42. The fourth-order valence-corrected chi connectivity index (χ4v) is 4.14. The van der Waals surface area contributed by atoms with Gasteiger partial charge < -0.3 is 5.32 Å². The largest absolute Gasteiger partial charge is 0.314 e. The highest BCUT2D eigenvalue weighted by atomic mass is 79.9. The molecule has 3 unspecified atom stereocenters. The van der Waals surface area contributed by atoms with E-state index in [1.54, 1.807) is 12.1 Å². The Morgan fingerprint density at radius 1 is 1.33 bits per heavy atom. The first-order valence-corrected chi connectivity index (χ1v) is 8.97. The number of halogens is 2. The van der Waals surface area contributed by atoms with Crippen molar-refractivity contribution in [3.05, 3.63) is 34.1 Å². The summed E-state index contributed by atoms with van der Waals surface area (Å²) in [6.07, 6.45) is 4.90. The van der Waals surface area contributed by atoms with Crippen molar-refractivity contribution in [2.45, 2.75) is 52.5 Å². The average Bonchev–Trinajstić information content (AvgIpc) is 2.43. The Balaban J connectivity index is 2.11. The van der Waals surface area contributed by atoms with Crippen LogP contribution in [0.15, 0.2) is 22.7 Å². The van der Waals surface area contributed by atoms with Gasteiger partial charge in [0.05, 0.1) is 0 Å². The summed E-state index contributed by atoms with van der Waals surface area (Å²) in [5.41, 5.74) is 1.23. The highest BCUT2D eigenvalue weighted by Crippen LogP contribution is 2.36. The quantitative estimate of drug-likeness (QED) is 0.766. The number of hydrogen-bond donors (Lipinski definition) is 1. The van der Waals surface area contributed by atoms with Crippen LogP contribution in [0.5, 0.6) is 0 Å². The minimum absolute atomic E-state index is 0.169. The van der Waals surface area contributed by atoms with Gasteiger partial charge in [-0.3, -0.25) is 0 Å². The molecule has 1 aliphatic carbocycles. The van der Waals surface area contributed by atoms with Crippen LogP contribution in [0, 0.1) is 23.6 Å². The minimum Gasteiger partial charge on any atom is -0.314 e. The normalized spacial score (nSPS) is 26.3. The molecule has 0 heterocycles. The summed E-state index contributed by atoms with van der Waals surface area (Å²) >= 11 is 3.52. The number of benzene rings is 1. The highest BCUT2D eigenvalue weighted by Gasteiger charge is 2.31. The molecule has 0 saturated heterocycles. The minimum atomic E-state index is -0.169. The zero-order chi connectivity index (χ0) is 15.4. The van der Waals surface area contributed by atoms with Gasteiger partial charge in [0.25, 0.3) is 0 Å². The molecule has 1 nitrogen and oxygen atoms in total. The smallest absolute Gasteiger partial charge is 0.124 e. The molecular weight excluding hydrogens is 329 g/mol. The maximum absolute atomic E-state index is 13.2. The van der Waals surface area contributed by atoms with Crippen LogP contribution in [0.4, 0.5) is 4.39 Å². The molecule has 1 aromatic carbocycles. The summed E-state index contributed by atoms with van der Waals surface area (Å²) in [6, 6.07) is 5.69. The van der Waals surface area contributed by atoms with E-state index in [0.29, 0.717) is 12.0 Å². The first-order chi connectivity index (χ1) is 10.0. The van der Waals surface area contributed by atoms with Crippen molar-refractivity contribution in [1.29, 1.82) is 0 Å². The molecule has 0 aliphatic heterocycles. The van der Waals surface area contributed by atoms with Gasteiger partial charge in [0.2, 0.25) is 0 Å². The van der Waals surface area contributed by atoms with Crippen molar-refractivity contribution in [3.8, 4) is 0 Å². The van der Waals surface area contributed by atoms with Gasteiger partial charge in [0, 0.05) is 10.5 Å². The predicted octanol–water partition coefficient (Wildman–Crippen LogP) is 5.18. The van der Waals surface area contributed by atoms with Gasteiger partial charge in [-0.2, -0.15) is 0 Å². The van der Waals surface area contributed by atoms with Crippen LogP contribution >= 0.6 is 15.9 Å². The highest BCUT2D eigenvalue weighted by molar-refractivity contribution is 9.10. The van der Waals surface area contributed by atoms with Gasteiger partial charge in [0.1, 0.15) is 5.82 Å². The van der Waals surface area contributed by atoms with E-state index in [4.69, 9.17) is 0 Å². The Morgan fingerprint density at radius 3 is 2.71 bits per heavy atom. The molecule has 21 heavy (non-hydrogen) atoms. The molecule has 2 rings (SSSR count). The monoisotopic (exact) mass is 355 g/mol. The topological polar surface area (TPSA) is 12.0 Å². The molecule has 1 saturated carbocycles. The van der Waals surface area contributed by atoms with E-state index in [-0.39, 0.29) is 5.82 Å². The first kappa shape index (κ1) is 17.0. The van der Waals surface area contributed by atoms with Crippen LogP contribution in [0.3, 0.4) is 0 Å². The summed E-state index contributed by atoms with van der Waals surface area (Å²) in [7, 11) is 0. The summed E-state index contributed by atoms with van der Waals surface area (Å²) in [5, 5.41) is 3.66. The third kappa shape index (κ3) is 4.53. The van der Waals surface area contributed by atoms with Gasteiger partial charge in [-0.1, -0.05) is 42.8 Å². The lowest BCUT2D eigenvalue weighted by molar-refractivity contribution is 0.168. The van der Waals surface area contributed by atoms with Crippen LogP contribution in [0.1, 0.15) is 45.6 Å².